The Morgan fingerprint density at radius 2 is 1.51 bits per heavy atom. The largest absolute Gasteiger partial charge is 0.488 e. The molecule has 0 saturated heterocycles. The highest BCUT2D eigenvalue weighted by molar-refractivity contribution is 5.86. The summed E-state index contributed by atoms with van der Waals surface area (Å²) >= 11 is 0. The topological polar surface area (TPSA) is 147 Å². The number of fused-ring (bicyclic) bond motifs is 3. The van der Waals surface area contributed by atoms with Crippen LogP contribution >= 0.6 is 0 Å². The van der Waals surface area contributed by atoms with Crippen LogP contribution in [0, 0.1) is 0 Å². The number of carbonyl (C=O) groups excluding carboxylic acids is 4. The van der Waals surface area contributed by atoms with Gasteiger partial charge in [0.15, 0.2) is 0 Å². The van der Waals surface area contributed by atoms with Crippen LogP contribution in [0.25, 0.3) is 11.1 Å². The molecule has 0 aliphatic heterocycles. The van der Waals surface area contributed by atoms with Crippen molar-refractivity contribution in [3.05, 3.63) is 89.5 Å². The van der Waals surface area contributed by atoms with Gasteiger partial charge in [-0.05, 0) is 60.7 Å². The van der Waals surface area contributed by atoms with Gasteiger partial charge in [-0.3, -0.25) is 4.79 Å². The Balaban J connectivity index is 1.41. The molecule has 4 rings (SSSR count). The van der Waals surface area contributed by atoms with E-state index in [-0.39, 0.29) is 37.9 Å². The molecular weight excluding hydrogens is 550 g/mol. The van der Waals surface area contributed by atoms with Crippen molar-refractivity contribution in [2.45, 2.75) is 44.8 Å². The first kappa shape index (κ1) is 30.8. The number of isocyanates is 1. The zero-order chi connectivity index (χ0) is 30.8. The molecule has 11 nitrogen and oxygen atoms in total. The van der Waals surface area contributed by atoms with E-state index < -0.39 is 24.1 Å². The van der Waals surface area contributed by atoms with Crippen LogP contribution in [0.2, 0.25) is 0 Å². The van der Waals surface area contributed by atoms with Crippen molar-refractivity contribution in [2.75, 3.05) is 19.9 Å². The maximum atomic E-state index is 13.1. The second-order valence-corrected chi connectivity index (χ2v) is 10.9. The number of alkyl carbamates (subject to hydrolysis) is 1. The van der Waals surface area contributed by atoms with Crippen LogP contribution in [-0.2, 0) is 20.7 Å². The lowest BCUT2D eigenvalue weighted by atomic mass is 9.98. The van der Waals surface area contributed by atoms with Crippen molar-refractivity contribution < 1.29 is 28.7 Å². The fourth-order valence-corrected chi connectivity index (χ4v) is 4.82. The molecule has 0 bridgehead atoms. The highest BCUT2D eigenvalue weighted by Gasteiger charge is 2.30. The van der Waals surface area contributed by atoms with Crippen LogP contribution in [0.15, 0.2) is 77.8 Å². The summed E-state index contributed by atoms with van der Waals surface area (Å²) in [6.45, 7) is 5.47. The van der Waals surface area contributed by atoms with Gasteiger partial charge >= 0.3 is 12.1 Å². The zero-order valence-corrected chi connectivity index (χ0v) is 24.3. The van der Waals surface area contributed by atoms with E-state index in [9.17, 15) is 19.2 Å². The monoisotopic (exact) mass is 585 g/mol. The van der Waals surface area contributed by atoms with Crippen LogP contribution in [0.4, 0.5) is 9.59 Å². The quantitative estimate of drug-likeness (QED) is 0.152. The highest BCUT2D eigenvalue weighted by Crippen LogP contribution is 2.44. The SMILES string of the molecule is CC(C)(C)Oc1ccc(C[C@H](NC(=O)OCC2c3ccccc3-c3ccccc32)C(=O)NCNC(=O)NCN=C=O)cc1. The predicted molar refractivity (Wildman–Crippen MR) is 160 cm³/mol. The Kier molecular flexibility index (Phi) is 10.1. The van der Waals surface area contributed by atoms with Gasteiger partial charge in [-0.25, -0.2) is 14.4 Å². The summed E-state index contributed by atoms with van der Waals surface area (Å²) in [7, 11) is 0. The lowest BCUT2D eigenvalue weighted by molar-refractivity contribution is -0.123. The smallest absolute Gasteiger partial charge is 0.407 e. The Bertz CT molecular complexity index is 1450. The van der Waals surface area contributed by atoms with Crippen molar-refractivity contribution in [2.24, 2.45) is 4.99 Å². The number of aliphatic imine (C=N–C) groups is 1. The minimum absolute atomic E-state index is 0.0953. The van der Waals surface area contributed by atoms with E-state index >= 15 is 0 Å². The Hall–Kier alpha value is -5.15. The first-order valence-corrected chi connectivity index (χ1v) is 13.9. The molecule has 3 aromatic rings. The molecule has 0 saturated carbocycles. The molecule has 1 aliphatic rings. The molecular formula is C32H35N5O6. The van der Waals surface area contributed by atoms with Gasteiger partial charge in [0.1, 0.15) is 30.7 Å². The molecule has 11 heteroatoms. The third-order valence-corrected chi connectivity index (χ3v) is 6.63. The maximum Gasteiger partial charge on any atom is 0.407 e. The van der Waals surface area contributed by atoms with E-state index in [2.05, 4.69) is 38.4 Å². The standard InChI is InChI=1S/C32H35N5O6/c1-32(2,3)43-22-14-12-21(13-15-22)16-28(29(39)34-19-36-30(40)35-18-33-20-38)37-31(41)42-17-27-25-10-6-4-8-23(25)24-9-5-7-11-26(24)27/h4-15,27-28H,16-19H2,1-3H3,(H,34,39)(H,37,41)(H2,35,36,40)/t28-/m0/s1. The number of urea groups is 1. The molecule has 1 atom stereocenters. The van der Waals surface area contributed by atoms with Gasteiger partial charge in [-0.2, -0.15) is 4.99 Å². The normalized spacial score (nSPS) is 12.5. The van der Waals surface area contributed by atoms with Crippen LogP contribution in [-0.4, -0.2) is 55.7 Å². The first-order valence-electron chi connectivity index (χ1n) is 13.9. The van der Waals surface area contributed by atoms with E-state index in [0.29, 0.717) is 5.75 Å². The van der Waals surface area contributed by atoms with Crippen molar-refractivity contribution in [1.29, 1.82) is 0 Å². The second kappa shape index (κ2) is 14.2. The Morgan fingerprint density at radius 1 is 0.884 bits per heavy atom. The van der Waals surface area contributed by atoms with E-state index in [1.807, 2.05) is 69.3 Å². The maximum absolute atomic E-state index is 13.1. The Labute approximate surface area is 250 Å². The molecule has 0 unspecified atom stereocenters. The molecule has 0 fully saturated rings. The minimum Gasteiger partial charge on any atom is -0.488 e. The third-order valence-electron chi connectivity index (χ3n) is 6.63. The fraction of sp³-hybridized carbons (Fsp3) is 0.312. The number of ether oxygens (including phenoxy) is 2. The number of nitrogens with one attached hydrogen (secondary N) is 4. The van der Waals surface area contributed by atoms with E-state index in [4.69, 9.17) is 9.47 Å². The number of benzene rings is 3. The van der Waals surface area contributed by atoms with Crippen LogP contribution in [0.5, 0.6) is 5.75 Å². The number of hydrogen-bond donors (Lipinski definition) is 4. The van der Waals surface area contributed by atoms with Gasteiger partial charge in [-0.1, -0.05) is 60.7 Å². The summed E-state index contributed by atoms with van der Waals surface area (Å²) in [4.78, 5) is 51.3. The van der Waals surface area contributed by atoms with Gasteiger partial charge in [0.2, 0.25) is 12.0 Å². The lowest BCUT2D eigenvalue weighted by Crippen LogP contribution is -2.51. The third kappa shape index (κ3) is 8.67. The summed E-state index contributed by atoms with van der Waals surface area (Å²) in [5.41, 5.74) is 4.78. The fourth-order valence-electron chi connectivity index (χ4n) is 4.82. The number of hydrogen-bond acceptors (Lipinski definition) is 7. The number of amides is 4. The highest BCUT2D eigenvalue weighted by atomic mass is 16.5. The molecule has 224 valence electrons. The molecule has 43 heavy (non-hydrogen) atoms. The number of carbonyl (C=O) groups is 3. The summed E-state index contributed by atoms with van der Waals surface area (Å²) < 4.78 is 11.5. The average molecular weight is 586 g/mol. The Morgan fingerprint density at radius 3 is 2.12 bits per heavy atom. The van der Waals surface area contributed by atoms with Crippen molar-refractivity contribution >= 4 is 24.1 Å². The van der Waals surface area contributed by atoms with Gasteiger partial charge in [0.25, 0.3) is 0 Å². The molecule has 0 aromatic heterocycles. The predicted octanol–water partition coefficient (Wildman–Crippen LogP) is 3.98. The summed E-state index contributed by atoms with van der Waals surface area (Å²) in [5, 5.41) is 9.99. The van der Waals surface area contributed by atoms with Gasteiger partial charge in [-0.15, -0.1) is 0 Å². The van der Waals surface area contributed by atoms with E-state index in [1.165, 1.54) is 6.08 Å². The lowest BCUT2D eigenvalue weighted by Gasteiger charge is -2.22. The molecule has 0 heterocycles. The van der Waals surface area contributed by atoms with Crippen LogP contribution in [0.1, 0.15) is 43.4 Å². The van der Waals surface area contributed by atoms with Crippen LogP contribution < -0.4 is 26.0 Å². The van der Waals surface area contributed by atoms with Gasteiger partial charge in [0.05, 0.1) is 6.67 Å². The summed E-state index contributed by atoms with van der Waals surface area (Å²) in [6, 6.07) is 21.6. The number of rotatable bonds is 11. The van der Waals surface area contributed by atoms with E-state index in [0.717, 1.165) is 27.8 Å². The van der Waals surface area contributed by atoms with Gasteiger partial charge < -0.3 is 30.7 Å². The van der Waals surface area contributed by atoms with Crippen molar-refractivity contribution in [1.82, 2.24) is 21.3 Å². The van der Waals surface area contributed by atoms with E-state index in [1.54, 1.807) is 12.1 Å². The minimum atomic E-state index is -1.01. The zero-order valence-electron chi connectivity index (χ0n) is 24.3. The molecule has 4 amide bonds. The van der Waals surface area contributed by atoms with Crippen molar-refractivity contribution in [3.8, 4) is 16.9 Å². The number of nitrogens with zero attached hydrogens (tertiary/aromatic N) is 1. The first-order chi connectivity index (χ1) is 20.6. The van der Waals surface area contributed by atoms with Crippen LogP contribution in [0.3, 0.4) is 0 Å². The molecule has 4 N–H and O–H groups in total. The summed E-state index contributed by atoms with van der Waals surface area (Å²) in [5.74, 6) is 0.0117. The molecule has 1 aliphatic carbocycles. The molecule has 0 spiro atoms. The molecule has 0 radical (unpaired) electrons. The van der Waals surface area contributed by atoms with Crippen molar-refractivity contribution in [3.63, 3.8) is 0 Å². The molecule has 3 aromatic carbocycles. The van der Waals surface area contributed by atoms with Gasteiger partial charge in [0, 0.05) is 12.3 Å². The second-order valence-electron chi connectivity index (χ2n) is 10.9. The average Bonchev–Trinajstić information content (AvgIpc) is 3.29. The summed E-state index contributed by atoms with van der Waals surface area (Å²) in [6.07, 6.45) is 0.724.